The lowest BCUT2D eigenvalue weighted by Crippen LogP contribution is -2.32. The molecule has 0 saturated heterocycles. The minimum absolute atomic E-state index is 0.124. The Kier molecular flexibility index (Phi) is 5.41. The highest BCUT2D eigenvalue weighted by Gasteiger charge is 2.18. The number of benzene rings is 2. The summed E-state index contributed by atoms with van der Waals surface area (Å²) in [5.74, 6) is 0.194. The van der Waals surface area contributed by atoms with Crippen molar-refractivity contribution in [3.8, 4) is 0 Å². The molecule has 0 spiro atoms. The quantitative estimate of drug-likeness (QED) is 0.663. The normalized spacial score (nSPS) is 13.4. The van der Waals surface area contributed by atoms with E-state index in [0.29, 0.717) is 22.6 Å². The van der Waals surface area contributed by atoms with Crippen molar-refractivity contribution in [1.29, 1.82) is 0 Å². The molecule has 3 N–H and O–H groups in total. The van der Waals surface area contributed by atoms with Gasteiger partial charge in [0.15, 0.2) is 5.58 Å². The van der Waals surface area contributed by atoms with Gasteiger partial charge in [0, 0.05) is 18.0 Å². The van der Waals surface area contributed by atoms with Crippen LogP contribution < -0.4 is 10.5 Å². The largest absolute Gasteiger partial charge is 0.356 e. The Hall–Kier alpha value is -2.22. The highest BCUT2D eigenvalue weighted by atomic mass is 32.2. The van der Waals surface area contributed by atoms with Gasteiger partial charge in [-0.3, -0.25) is 0 Å². The van der Waals surface area contributed by atoms with Crippen LogP contribution in [0.15, 0.2) is 53.1 Å². The van der Waals surface area contributed by atoms with Crippen LogP contribution in [0.4, 0.5) is 0 Å². The Labute approximate surface area is 153 Å². The first-order valence-electron chi connectivity index (χ1n) is 8.52. The number of rotatable bonds is 7. The van der Waals surface area contributed by atoms with Gasteiger partial charge in [-0.15, -0.1) is 0 Å². The second-order valence-corrected chi connectivity index (χ2v) is 8.47. The van der Waals surface area contributed by atoms with Crippen molar-refractivity contribution in [2.24, 2.45) is 5.73 Å². The maximum atomic E-state index is 12.4. The van der Waals surface area contributed by atoms with E-state index in [1.165, 1.54) is 5.56 Å². The predicted molar refractivity (Wildman–Crippen MR) is 102 cm³/mol. The van der Waals surface area contributed by atoms with Crippen molar-refractivity contribution in [3.05, 3.63) is 65.4 Å². The van der Waals surface area contributed by atoms with Crippen LogP contribution in [0.3, 0.4) is 0 Å². The standard InChI is InChI=1S/C19H23N3O3S/c1-13(2)14-7-9-15(10-8-14)17(20)11-21-26(23,24)12-18-16-5-3-4-6-19(16)25-22-18/h3-10,13,17,21H,11-12,20H2,1-2H3. The smallest absolute Gasteiger partial charge is 0.217 e. The van der Waals surface area contributed by atoms with E-state index in [2.05, 4.69) is 23.7 Å². The van der Waals surface area contributed by atoms with E-state index >= 15 is 0 Å². The van der Waals surface area contributed by atoms with Crippen LogP contribution in [-0.2, 0) is 15.8 Å². The van der Waals surface area contributed by atoms with Gasteiger partial charge in [0.1, 0.15) is 11.4 Å². The van der Waals surface area contributed by atoms with Crippen LogP contribution in [0.2, 0.25) is 0 Å². The molecule has 0 amide bonds. The predicted octanol–water partition coefficient (Wildman–Crippen LogP) is 3.07. The molecular weight excluding hydrogens is 350 g/mol. The first kappa shape index (κ1) is 18.6. The fraction of sp³-hybridized carbons (Fsp3) is 0.316. The SMILES string of the molecule is CC(C)c1ccc(C(N)CNS(=O)(=O)Cc2noc3ccccc23)cc1. The van der Waals surface area contributed by atoms with Crippen LogP contribution in [0.5, 0.6) is 0 Å². The van der Waals surface area contributed by atoms with Gasteiger partial charge < -0.3 is 10.3 Å². The lowest BCUT2D eigenvalue weighted by molar-refractivity contribution is 0.448. The third kappa shape index (κ3) is 4.30. The average Bonchev–Trinajstić information content (AvgIpc) is 3.02. The van der Waals surface area contributed by atoms with Gasteiger partial charge in [0.2, 0.25) is 10.0 Å². The number of nitrogens with one attached hydrogen (secondary N) is 1. The van der Waals surface area contributed by atoms with E-state index in [4.69, 9.17) is 10.3 Å². The number of nitrogens with two attached hydrogens (primary N) is 1. The third-order valence-electron chi connectivity index (χ3n) is 4.33. The molecule has 26 heavy (non-hydrogen) atoms. The van der Waals surface area contributed by atoms with E-state index in [9.17, 15) is 8.42 Å². The Bertz CT molecular complexity index is 979. The number of fused-ring (bicyclic) bond motifs is 1. The summed E-state index contributed by atoms with van der Waals surface area (Å²) in [5.41, 5.74) is 9.21. The number of hydrogen-bond donors (Lipinski definition) is 2. The van der Waals surface area contributed by atoms with Gasteiger partial charge in [-0.1, -0.05) is 55.4 Å². The van der Waals surface area contributed by atoms with Gasteiger partial charge in [-0.2, -0.15) is 0 Å². The number of aromatic nitrogens is 1. The van der Waals surface area contributed by atoms with E-state index in [-0.39, 0.29) is 12.3 Å². The first-order chi connectivity index (χ1) is 12.4. The van der Waals surface area contributed by atoms with Crippen LogP contribution in [0.1, 0.15) is 42.6 Å². The molecule has 1 unspecified atom stereocenters. The highest BCUT2D eigenvalue weighted by molar-refractivity contribution is 7.88. The first-order valence-corrected chi connectivity index (χ1v) is 10.2. The average molecular weight is 373 g/mol. The molecule has 0 aliphatic rings. The summed E-state index contributed by atoms with van der Waals surface area (Å²) >= 11 is 0. The van der Waals surface area contributed by atoms with Crippen LogP contribution >= 0.6 is 0 Å². The van der Waals surface area contributed by atoms with Gasteiger partial charge in [0.05, 0.1) is 0 Å². The summed E-state index contributed by atoms with van der Waals surface area (Å²) in [6, 6.07) is 14.7. The van der Waals surface area contributed by atoms with Gasteiger partial charge >= 0.3 is 0 Å². The zero-order chi connectivity index (χ0) is 18.7. The van der Waals surface area contributed by atoms with Gasteiger partial charge in [-0.05, 0) is 29.2 Å². The molecule has 138 valence electrons. The molecule has 1 heterocycles. The monoisotopic (exact) mass is 373 g/mol. The van der Waals surface area contributed by atoms with Crippen LogP contribution in [0.25, 0.3) is 11.0 Å². The van der Waals surface area contributed by atoms with Gasteiger partial charge in [-0.25, -0.2) is 13.1 Å². The fourth-order valence-electron chi connectivity index (χ4n) is 2.74. The lowest BCUT2D eigenvalue weighted by Gasteiger charge is -2.14. The molecule has 3 rings (SSSR count). The highest BCUT2D eigenvalue weighted by Crippen LogP contribution is 2.20. The molecule has 0 saturated carbocycles. The minimum atomic E-state index is -3.57. The molecule has 0 fully saturated rings. The molecule has 0 bridgehead atoms. The summed E-state index contributed by atoms with van der Waals surface area (Å²) in [7, 11) is -3.57. The number of nitrogens with zero attached hydrogens (tertiary/aromatic N) is 1. The second kappa shape index (κ2) is 7.57. The molecule has 0 radical (unpaired) electrons. The molecule has 1 aromatic heterocycles. The molecule has 2 aromatic carbocycles. The molecule has 6 nitrogen and oxygen atoms in total. The topological polar surface area (TPSA) is 98.2 Å². The molecule has 1 atom stereocenters. The van der Waals surface area contributed by atoms with Gasteiger partial charge in [0.25, 0.3) is 0 Å². The molecule has 0 aliphatic carbocycles. The van der Waals surface area contributed by atoms with Crippen molar-refractivity contribution in [2.45, 2.75) is 31.6 Å². The fourth-order valence-corrected chi connectivity index (χ4v) is 3.84. The van der Waals surface area contributed by atoms with E-state index < -0.39 is 16.1 Å². The number of hydrogen-bond acceptors (Lipinski definition) is 5. The summed E-state index contributed by atoms with van der Waals surface area (Å²) in [5, 5.41) is 4.57. The Morgan fingerprint density at radius 3 is 2.42 bits per heavy atom. The zero-order valence-electron chi connectivity index (χ0n) is 14.8. The van der Waals surface area contributed by atoms with Crippen molar-refractivity contribution in [3.63, 3.8) is 0 Å². The van der Waals surface area contributed by atoms with E-state index in [1.54, 1.807) is 12.1 Å². The zero-order valence-corrected chi connectivity index (χ0v) is 15.7. The van der Waals surface area contributed by atoms with Crippen molar-refractivity contribution in [2.75, 3.05) is 6.54 Å². The second-order valence-electron chi connectivity index (χ2n) is 6.66. The van der Waals surface area contributed by atoms with Crippen molar-refractivity contribution >= 4 is 21.0 Å². The van der Waals surface area contributed by atoms with Crippen molar-refractivity contribution < 1.29 is 12.9 Å². The summed E-state index contributed by atoms with van der Waals surface area (Å²) < 4.78 is 32.5. The summed E-state index contributed by atoms with van der Waals surface area (Å²) in [6.45, 7) is 4.37. The maximum absolute atomic E-state index is 12.4. The van der Waals surface area contributed by atoms with Crippen LogP contribution in [0, 0.1) is 0 Å². The molecule has 7 heteroatoms. The number of para-hydroxylation sites is 1. The number of sulfonamides is 1. The molecular formula is C19H23N3O3S. The van der Waals surface area contributed by atoms with E-state index in [0.717, 1.165) is 5.56 Å². The Balaban J connectivity index is 1.64. The molecule has 3 aromatic rings. The van der Waals surface area contributed by atoms with Crippen molar-refractivity contribution in [1.82, 2.24) is 9.88 Å². The maximum Gasteiger partial charge on any atom is 0.217 e. The lowest BCUT2D eigenvalue weighted by atomic mass is 9.99. The minimum Gasteiger partial charge on any atom is -0.356 e. The van der Waals surface area contributed by atoms with E-state index in [1.807, 2.05) is 36.4 Å². The third-order valence-corrected chi connectivity index (χ3v) is 5.59. The van der Waals surface area contributed by atoms with Crippen LogP contribution in [-0.4, -0.2) is 20.1 Å². The summed E-state index contributed by atoms with van der Waals surface area (Å²) in [4.78, 5) is 0. The summed E-state index contributed by atoms with van der Waals surface area (Å²) in [6.07, 6.45) is 0. The Morgan fingerprint density at radius 2 is 1.73 bits per heavy atom. The molecule has 0 aliphatic heterocycles. The Morgan fingerprint density at radius 1 is 1.08 bits per heavy atom.